The molecule has 4 nitrogen and oxygen atoms in total. The van der Waals surface area contributed by atoms with Gasteiger partial charge < -0.3 is 8.83 Å². The number of fused-ring (bicyclic) bond motifs is 8. The van der Waals surface area contributed by atoms with Gasteiger partial charge in [0.15, 0.2) is 5.84 Å². The van der Waals surface area contributed by atoms with Gasteiger partial charge in [-0.15, -0.1) is 0 Å². The molecule has 2 heterocycles. The number of hydrogen-bond acceptors (Lipinski definition) is 3. The molecule has 0 N–H and O–H groups in total. The van der Waals surface area contributed by atoms with Gasteiger partial charge in [0.1, 0.15) is 22.3 Å². The quantitative estimate of drug-likeness (QED) is 0.131. The van der Waals surface area contributed by atoms with E-state index in [1.807, 2.05) is 31.3 Å². The summed E-state index contributed by atoms with van der Waals surface area (Å²) in [5, 5.41) is 8.82. The molecule has 0 spiro atoms. The fourth-order valence-electron chi connectivity index (χ4n) is 8.43. The maximum absolute atomic E-state index is 6.64. The summed E-state index contributed by atoms with van der Waals surface area (Å²) in [4.78, 5) is 10.4. The predicted octanol–water partition coefficient (Wildman–Crippen LogP) is 14.0. The highest BCUT2D eigenvalue weighted by Crippen LogP contribution is 2.44. The Morgan fingerprint density at radius 3 is 1.70 bits per heavy atom. The van der Waals surface area contributed by atoms with E-state index in [4.69, 9.17) is 18.8 Å². The second-order valence-electron chi connectivity index (χ2n) is 14.4. The van der Waals surface area contributed by atoms with Crippen LogP contribution in [0.2, 0.25) is 0 Å². The van der Waals surface area contributed by atoms with E-state index in [-0.39, 0.29) is 0 Å². The first-order valence-electron chi connectivity index (χ1n) is 19.2. The zero-order valence-electron chi connectivity index (χ0n) is 31.1. The van der Waals surface area contributed by atoms with Crippen molar-refractivity contribution in [1.82, 2.24) is 0 Å². The van der Waals surface area contributed by atoms with Crippen LogP contribution in [0.3, 0.4) is 0 Å². The summed E-state index contributed by atoms with van der Waals surface area (Å²) in [5.41, 5.74) is 11.5. The summed E-state index contributed by atoms with van der Waals surface area (Å²) >= 11 is 0. The molecule has 57 heavy (non-hydrogen) atoms. The lowest BCUT2D eigenvalue weighted by molar-refractivity contribution is 0.668. The van der Waals surface area contributed by atoms with E-state index in [0.29, 0.717) is 5.84 Å². The molecule has 4 heteroatoms. The van der Waals surface area contributed by atoms with Crippen molar-refractivity contribution in [1.29, 1.82) is 0 Å². The number of nitrogens with zero attached hydrogens (tertiary/aromatic N) is 2. The van der Waals surface area contributed by atoms with Crippen LogP contribution in [-0.2, 0) is 0 Å². The van der Waals surface area contributed by atoms with E-state index in [2.05, 4.69) is 164 Å². The summed E-state index contributed by atoms with van der Waals surface area (Å²) in [5.74, 6) is 0.617. The Bertz CT molecular complexity index is 3400. The lowest BCUT2D eigenvalue weighted by atomic mass is 9.93. The summed E-state index contributed by atoms with van der Waals surface area (Å²) in [6, 6.07) is 65.7. The van der Waals surface area contributed by atoms with Gasteiger partial charge in [0.2, 0.25) is 0 Å². The van der Waals surface area contributed by atoms with Crippen molar-refractivity contribution in [2.45, 2.75) is 0 Å². The van der Waals surface area contributed by atoms with Crippen LogP contribution in [0.25, 0.3) is 87.7 Å². The normalized spacial score (nSPS) is 12.5. The molecular weight excluding hydrogens is 697 g/mol. The Labute approximate surface area is 328 Å². The van der Waals surface area contributed by atoms with Gasteiger partial charge in [0.05, 0.1) is 5.71 Å². The van der Waals surface area contributed by atoms with Crippen molar-refractivity contribution < 1.29 is 8.83 Å². The molecule has 0 unspecified atom stereocenters. The first kappa shape index (κ1) is 32.8. The van der Waals surface area contributed by atoms with Gasteiger partial charge in [-0.2, -0.15) is 0 Å². The molecule has 0 atom stereocenters. The minimum absolute atomic E-state index is 0.617. The van der Waals surface area contributed by atoms with Crippen LogP contribution in [-0.4, -0.2) is 18.6 Å². The maximum atomic E-state index is 6.64. The molecule has 0 saturated carbocycles. The third kappa shape index (κ3) is 5.53. The average molecular weight is 731 g/mol. The minimum atomic E-state index is 0.617. The SMILES string of the molecule is C/N=C(\N=C(/c1ccc(-c2ccccc2)cc1)c1ccc2ccccc2c1)c1cccc2oc3cccc(-c4cccc5oc6cc7ccccc7cc6c45)c3c12. The number of rotatable bonds is 5. The Balaban J connectivity index is 1.12. The van der Waals surface area contributed by atoms with E-state index >= 15 is 0 Å². The van der Waals surface area contributed by atoms with Crippen LogP contribution in [0.5, 0.6) is 0 Å². The van der Waals surface area contributed by atoms with Gasteiger partial charge in [-0.1, -0.05) is 152 Å². The number of furan rings is 2. The Hall–Kier alpha value is -7.56. The largest absolute Gasteiger partial charge is 0.456 e. The molecule has 11 aromatic rings. The van der Waals surface area contributed by atoms with E-state index in [0.717, 1.165) is 93.7 Å². The van der Waals surface area contributed by atoms with E-state index in [1.165, 1.54) is 16.3 Å². The van der Waals surface area contributed by atoms with Crippen LogP contribution >= 0.6 is 0 Å². The molecule has 0 aliphatic heterocycles. The second kappa shape index (κ2) is 13.3. The molecule has 9 aromatic carbocycles. The van der Waals surface area contributed by atoms with Crippen molar-refractivity contribution in [2.24, 2.45) is 9.98 Å². The fourth-order valence-corrected chi connectivity index (χ4v) is 8.43. The van der Waals surface area contributed by atoms with Crippen LogP contribution in [0.4, 0.5) is 0 Å². The van der Waals surface area contributed by atoms with Gasteiger partial charge in [0, 0.05) is 45.3 Å². The molecule has 268 valence electrons. The monoisotopic (exact) mass is 730 g/mol. The van der Waals surface area contributed by atoms with Crippen LogP contribution < -0.4 is 0 Å². The molecule has 2 aromatic heterocycles. The molecule has 11 rings (SSSR count). The Morgan fingerprint density at radius 1 is 0.404 bits per heavy atom. The van der Waals surface area contributed by atoms with Crippen molar-refractivity contribution in [3.63, 3.8) is 0 Å². The number of amidine groups is 1. The highest BCUT2D eigenvalue weighted by molar-refractivity contribution is 6.27. The molecule has 0 saturated heterocycles. The van der Waals surface area contributed by atoms with Gasteiger partial charge in [-0.25, -0.2) is 4.99 Å². The van der Waals surface area contributed by atoms with Gasteiger partial charge in [-0.3, -0.25) is 4.99 Å². The predicted molar refractivity (Wildman–Crippen MR) is 238 cm³/mol. The van der Waals surface area contributed by atoms with Crippen LogP contribution in [0.15, 0.2) is 207 Å². The zero-order valence-corrected chi connectivity index (χ0v) is 31.1. The van der Waals surface area contributed by atoms with Crippen molar-refractivity contribution in [3.05, 3.63) is 205 Å². The molecule has 0 fully saturated rings. The zero-order chi connectivity index (χ0) is 37.9. The second-order valence-corrected chi connectivity index (χ2v) is 14.4. The minimum Gasteiger partial charge on any atom is -0.456 e. The van der Waals surface area contributed by atoms with E-state index in [9.17, 15) is 0 Å². The summed E-state index contributed by atoms with van der Waals surface area (Å²) in [7, 11) is 1.82. The number of hydrogen-bond donors (Lipinski definition) is 0. The highest BCUT2D eigenvalue weighted by Gasteiger charge is 2.22. The van der Waals surface area contributed by atoms with E-state index < -0.39 is 0 Å². The summed E-state index contributed by atoms with van der Waals surface area (Å²) < 4.78 is 13.1. The maximum Gasteiger partial charge on any atom is 0.155 e. The Kier molecular flexibility index (Phi) is 7.68. The summed E-state index contributed by atoms with van der Waals surface area (Å²) in [6.45, 7) is 0. The third-order valence-electron chi connectivity index (χ3n) is 11.1. The first-order valence-corrected chi connectivity index (χ1v) is 19.2. The number of aliphatic imine (C=N–C) groups is 2. The van der Waals surface area contributed by atoms with Gasteiger partial charge in [0.25, 0.3) is 0 Å². The smallest absolute Gasteiger partial charge is 0.155 e. The molecular formula is C53H34N2O2. The fraction of sp³-hybridized carbons (Fsp3) is 0.0189. The van der Waals surface area contributed by atoms with Gasteiger partial charge >= 0.3 is 0 Å². The summed E-state index contributed by atoms with van der Waals surface area (Å²) in [6.07, 6.45) is 0. The molecule has 0 bridgehead atoms. The highest BCUT2D eigenvalue weighted by atomic mass is 16.3. The lowest BCUT2D eigenvalue weighted by Gasteiger charge is -2.12. The van der Waals surface area contributed by atoms with Crippen molar-refractivity contribution >= 4 is 77.0 Å². The molecule has 0 aliphatic rings. The van der Waals surface area contributed by atoms with Crippen LogP contribution in [0, 0.1) is 0 Å². The molecule has 0 amide bonds. The van der Waals surface area contributed by atoms with Crippen molar-refractivity contribution in [3.8, 4) is 22.3 Å². The van der Waals surface area contributed by atoms with Crippen molar-refractivity contribution in [2.75, 3.05) is 7.05 Å². The van der Waals surface area contributed by atoms with Gasteiger partial charge in [-0.05, 0) is 80.2 Å². The number of benzene rings is 9. The topological polar surface area (TPSA) is 51.0 Å². The average Bonchev–Trinajstić information content (AvgIpc) is 3.84. The van der Waals surface area contributed by atoms with E-state index in [1.54, 1.807) is 0 Å². The lowest BCUT2D eigenvalue weighted by Crippen LogP contribution is -2.09. The molecule has 0 radical (unpaired) electrons. The first-order chi connectivity index (χ1) is 28.2. The molecule has 0 aliphatic carbocycles. The Morgan fingerprint density at radius 2 is 0.965 bits per heavy atom. The standard InChI is InChI=1S/C53H34N2O2/c1-54-53(55-52(40-29-26-34-14-5-6-15-37(34)30-40)36-27-24-35(25-28-36)33-12-3-2-4-13-33)43-20-11-23-47-51(43)50-42(19-10-22-46(50)56-47)41-18-9-21-45-49(41)44-31-38-16-7-8-17-39(38)32-48(44)57-45/h2-32H,1H3/b54-53-,55-52+. The third-order valence-corrected chi connectivity index (χ3v) is 11.1. The van der Waals surface area contributed by atoms with Crippen LogP contribution in [0.1, 0.15) is 16.7 Å².